The maximum Gasteiger partial charge on any atom is 0.273 e. The number of aromatic amines is 1. The molecule has 1 aliphatic heterocycles. The molecule has 1 unspecified atom stereocenters. The Balaban J connectivity index is 1.52. The first-order valence-electron chi connectivity index (χ1n) is 11.0. The molecular weight excluding hydrogens is 450 g/mol. The summed E-state index contributed by atoms with van der Waals surface area (Å²) in [6.07, 6.45) is 0.661. The maximum absolute atomic E-state index is 13.5. The summed E-state index contributed by atoms with van der Waals surface area (Å²) in [5, 5.41) is 8.17. The minimum atomic E-state index is -0.270. The van der Waals surface area contributed by atoms with Crippen LogP contribution in [0.1, 0.15) is 33.2 Å². The van der Waals surface area contributed by atoms with Crippen LogP contribution in [0.4, 0.5) is 0 Å². The molecule has 0 radical (unpaired) electrons. The van der Waals surface area contributed by atoms with Gasteiger partial charge in [0.1, 0.15) is 5.69 Å². The number of carbonyl (C=O) groups is 1. The summed E-state index contributed by atoms with van der Waals surface area (Å²) in [7, 11) is 3.23. The van der Waals surface area contributed by atoms with Crippen molar-refractivity contribution in [2.75, 3.05) is 20.8 Å². The predicted octanol–water partition coefficient (Wildman–Crippen LogP) is 5.54. The van der Waals surface area contributed by atoms with E-state index in [2.05, 4.69) is 10.2 Å². The van der Waals surface area contributed by atoms with Crippen LogP contribution in [0.3, 0.4) is 0 Å². The number of rotatable bonds is 7. The second-order valence-corrected chi connectivity index (χ2v) is 8.56. The molecule has 0 saturated heterocycles. The molecule has 5 rings (SSSR count). The maximum atomic E-state index is 13.5. The zero-order valence-electron chi connectivity index (χ0n) is 18.9. The highest BCUT2D eigenvalue weighted by Gasteiger charge is 2.41. The quantitative estimate of drug-likeness (QED) is 0.383. The number of carbonyl (C=O) groups excluding carboxylic acids is 1. The Bertz CT molecular complexity index is 1320. The van der Waals surface area contributed by atoms with Crippen LogP contribution in [0, 0.1) is 0 Å². The highest BCUT2D eigenvalue weighted by atomic mass is 35.5. The molecule has 1 atom stereocenters. The summed E-state index contributed by atoms with van der Waals surface area (Å²) in [6, 6.07) is 23.1. The fourth-order valence-electron chi connectivity index (χ4n) is 4.52. The number of nitrogens with one attached hydrogen (secondary N) is 1. The van der Waals surface area contributed by atoms with Gasteiger partial charge in [-0.1, -0.05) is 60.1 Å². The SMILES string of the molecule is COc1ccc(CCN2C(=O)c3[nH]nc(-c4ccccc4)c3C2c2ccc(Cl)cc2)cc1OC. The summed E-state index contributed by atoms with van der Waals surface area (Å²) >= 11 is 6.16. The fourth-order valence-corrected chi connectivity index (χ4v) is 4.65. The van der Waals surface area contributed by atoms with Gasteiger partial charge in [0.2, 0.25) is 0 Å². The molecule has 0 spiro atoms. The molecule has 1 aliphatic rings. The predicted molar refractivity (Wildman–Crippen MR) is 132 cm³/mol. The molecule has 0 bridgehead atoms. The molecule has 2 heterocycles. The number of ether oxygens (including phenoxy) is 2. The Morgan fingerprint density at radius 3 is 2.41 bits per heavy atom. The number of hydrogen-bond donors (Lipinski definition) is 1. The van der Waals surface area contributed by atoms with Crippen LogP contribution in [0.2, 0.25) is 5.02 Å². The molecule has 1 amide bonds. The van der Waals surface area contributed by atoms with Gasteiger partial charge >= 0.3 is 0 Å². The Hall–Kier alpha value is -3.77. The van der Waals surface area contributed by atoms with Crippen LogP contribution in [0.15, 0.2) is 72.8 Å². The van der Waals surface area contributed by atoms with Crippen molar-refractivity contribution in [3.63, 3.8) is 0 Å². The van der Waals surface area contributed by atoms with Gasteiger partial charge in [-0.25, -0.2) is 0 Å². The van der Waals surface area contributed by atoms with Crippen LogP contribution in [0.25, 0.3) is 11.3 Å². The van der Waals surface area contributed by atoms with Gasteiger partial charge in [-0.3, -0.25) is 9.89 Å². The molecule has 4 aromatic rings. The van der Waals surface area contributed by atoms with Gasteiger partial charge in [-0.2, -0.15) is 5.10 Å². The minimum absolute atomic E-state index is 0.0647. The van der Waals surface area contributed by atoms with Crippen molar-refractivity contribution >= 4 is 17.5 Å². The Labute approximate surface area is 203 Å². The molecule has 3 aromatic carbocycles. The van der Waals surface area contributed by atoms with Crippen molar-refractivity contribution in [1.82, 2.24) is 15.1 Å². The molecule has 1 aromatic heterocycles. The highest BCUT2D eigenvalue weighted by molar-refractivity contribution is 6.30. The number of benzene rings is 3. The normalized spacial score (nSPS) is 14.9. The average Bonchev–Trinajstić information content (AvgIpc) is 3.42. The van der Waals surface area contributed by atoms with Crippen molar-refractivity contribution in [3.8, 4) is 22.8 Å². The molecule has 6 nitrogen and oxygen atoms in total. The number of methoxy groups -OCH3 is 2. The molecule has 1 N–H and O–H groups in total. The number of fused-ring (bicyclic) bond motifs is 1. The summed E-state index contributed by atoms with van der Waals surface area (Å²) in [5.74, 6) is 1.28. The summed E-state index contributed by atoms with van der Waals surface area (Å²) in [6.45, 7) is 0.526. The van der Waals surface area contributed by atoms with Crippen molar-refractivity contribution in [2.45, 2.75) is 12.5 Å². The number of nitrogens with zero attached hydrogens (tertiary/aromatic N) is 2. The molecule has 0 aliphatic carbocycles. The van der Waals surface area contributed by atoms with E-state index >= 15 is 0 Å². The van der Waals surface area contributed by atoms with Crippen molar-refractivity contribution in [2.24, 2.45) is 0 Å². The molecule has 34 heavy (non-hydrogen) atoms. The summed E-state index contributed by atoms with van der Waals surface area (Å²) in [4.78, 5) is 15.4. The molecule has 0 saturated carbocycles. The topological polar surface area (TPSA) is 67.5 Å². The first-order chi connectivity index (χ1) is 16.6. The van der Waals surface area contributed by atoms with Gasteiger partial charge in [0.05, 0.1) is 26.0 Å². The molecule has 172 valence electrons. The largest absolute Gasteiger partial charge is 0.493 e. The number of hydrogen-bond acceptors (Lipinski definition) is 4. The van der Waals surface area contributed by atoms with Crippen LogP contribution >= 0.6 is 11.6 Å². The number of halogens is 1. The first-order valence-corrected chi connectivity index (χ1v) is 11.4. The second kappa shape index (κ2) is 9.23. The molecular formula is C27H24ClN3O3. The first kappa shape index (κ1) is 22.0. The van der Waals surface area contributed by atoms with Crippen LogP contribution in [0.5, 0.6) is 11.5 Å². The Morgan fingerprint density at radius 1 is 0.971 bits per heavy atom. The third-order valence-corrected chi connectivity index (χ3v) is 6.44. The van der Waals surface area contributed by atoms with E-state index in [1.165, 1.54) is 0 Å². The third-order valence-electron chi connectivity index (χ3n) is 6.19. The minimum Gasteiger partial charge on any atom is -0.493 e. The van der Waals surface area contributed by atoms with E-state index in [1.807, 2.05) is 77.7 Å². The second-order valence-electron chi connectivity index (χ2n) is 8.12. The van der Waals surface area contributed by atoms with Gasteiger partial charge in [0.25, 0.3) is 5.91 Å². The van der Waals surface area contributed by atoms with E-state index in [-0.39, 0.29) is 11.9 Å². The monoisotopic (exact) mass is 473 g/mol. The summed E-state index contributed by atoms with van der Waals surface area (Å²) < 4.78 is 10.8. The molecule has 0 fully saturated rings. The van der Waals surface area contributed by atoms with Crippen molar-refractivity contribution < 1.29 is 14.3 Å². The van der Waals surface area contributed by atoms with Crippen LogP contribution in [-0.4, -0.2) is 41.8 Å². The Kier molecular flexibility index (Phi) is 5.99. The van der Waals surface area contributed by atoms with E-state index < -0.39 is 0 Å². The lowest BCUT2D eigenvalue weighted by atomic mass is 9.96. The smallest absolute Gasteiger partial charge is 0.273 e. The third kappa shape index (κ3) is 3.90. The average molecular weight is 474 g/mol. The highest BCUT2D eigenvalue weighted by Crippen LogP contribution is 2.43. The lowest BCUT2D eigenvalue weighted by Gasteiger charge is -2.26. The van der Waals surface area contributed by atoms with E-state index in [4.69, 9.17) is 21.1 Å². The number of amides is 1. The lowest BCUT2D eigenvalue weighted by Crippen LogP contribution is -2.31. The van der Waals surface area contributed by atoms with E-state index in [0.29, 0.717) is 35.2 Å². The molecule has 7 heteroatoms. The van der Waals surface area contributed by atoms with E-state index in [0.717, 1.165) is 27.9 Å². The van der Waals surface area contributed by atoms with E-state index in [9.17, 15) is 4.79 Å². The van der Waals surface area contributed by atoms with E-state index in [1.54, 1.807) is 14.2 Å². The fraction of sp³-hybridized carbons (Fsp3) is 0.185. The van der Waals surface area contributed by atoms with Crippen molar-refractivity contribution in [1.29, 1.82) is 0 Å². The lowest BCUT2D eigenvalue weighted by molar-refractivity contribution is 0.0746. The van der Waals surface area contributed by atoms with Gasteiger partial charge in [0.15, 0.2) is 11.5 Å². The zero-order valence-corrected chi connectivity index (χ0v) is 19.7. The van der Waals surface area contributed by atoms with Gasteiger partial charge in [0, 0.05) is 22.7 Å². The van der Waals surface area contributed by atoms with Gasteiger partial charge < -0.3 is 14.4 Å². The summed E-state index contributed by atoms with van der Waals surface area (Å²) in [5.41, 5.74) is 5.22. The van der Waals surface area contributed by atoms with Crippen LogP contribution in [-0.2, 0) is 6.42 Å². The number of H-pyrrole nitrogens is 1. The van der Waals surface area contributed by atoms with Gasteiger partial charge in [-0.05, 0) is 41.8 Å². The van der Waals surface area contributed by atoms with Gasteiger partial charge in [-0.15, -0.1) is 0 Å². The van der Waals surface area contributed by atoms with Crippen LogP contribution < -0.4 is 9.47 Å². The zero-order chi connectivity index (χ0) is 23.7. The Morgan fingerprint density at radius 2 is 1.71 bits per heavy atom. The number of aromatic nitrogens is 2. The standard InChI is InChI=1S/C27H24ClN3O3/c1-33-21-13-8-17(16-22(21)34-2)14-15-31-26(19-9-11-20(28)12-10-19)23-24(18-6-4-3-5-7-18)29-30-25(23)27(31)32/h3-13,16,26H,14-15H2,1-2H3,(H,29,30). The van der Waals surface area contributed by atoms with Crippen molar-refractivity contribution in [3.05, 3.63) is 100 Å².